The number of carbonyl (C=O) groups excluding carboxylic acids is 1. The lowest BCUT2D eigenvalue weighted by Gasteiger charge is -2.23. The molecule has 0 amide bonds. The molecule has 2 nitrogen and oxygen atoms in total. The molecule has 0 unspecified atom stereocenters. The van der Waals surface area contributed by atoms with Gasteiger partial charge in [-0.25, -0.2) is 0 Å². The highest BCUT2D eigenvalue weighted by Crippen LogP contribution is 2.38. The van der Waals surface area contributed by atoms with E-state index in [0.29, 0.717) is 5.92 Å². The molecule has 0 fully saturated rings. The van der Waals surface area contributed by atoms with Gasteiger partial charge in [-0.1, -0.05) is 61.9 Å². The van der Waals surface area contributed by atoms with Gasteiger partial charge < -0.3 is 4.74 Å². The highest BCUT2D eigenvalue weighted by atomic mass is 16.5. The first-order valence-corrected chi connectivity index (χ1v) is 10.1. The van der Waals surface area contributed by atoms with Crippen molar-refractivity contribution in [3.05, 3.63) is 93.4 Å². The van der Waals surface area contributed by atoms with Crippen LogP contribution < -0.4 is 15.2 Å². The van der Waals surface area contributed by atoms with Gasteiger partial charge in [0.15, 0.2) is 5.78 Å². The first-order valence-electron chi connectivity index (χ1n) is 10.1. The van der Waals surface area contributed by atoms with Gasteiger partial charge in [0.05, 0.1) is 0 Å². The monoisotopic (exact) mass is 382 g/mol. The van der Waals surface area contributed by atoms with E-state index in [2.05, 4.69) is 64.1 Å². The Labute approximate surface area is 172 Å². The number of rotatable bonds is 3. The van der Waals surface area contributed by atoms with E-state index in [-0.39, 0.29) is 5.78 Å². The molecule has 2 heteroatoms. The maximum atomic E-state index is 12.4. The fourth-order valence-corrected chi connectivity index (χ4v) is 3.88. The SMILES string of the molecule is CC(=O)c1ccccc1C1=c2ccc(=C(C)C)cc2Oc2cc(C(C)C)ccc21. The van der Waals surface area contributed by atoms with Gasteiger partial charge in [0.2, 0.25) is 0 Å². The molecule has 0 saturated heterocycles. The normalized spacial score (nSPS) is 12.3. The zero-order chi connectivity index (χ0) is 20.7. The molecule has 1 heterocycles. The lowest BCUT2D eigenvalue weighted by Crippen LogP contribution is -2.21. The maximum absolute atomic E-state index is 12.4. The number of ketones is 1. The summed E-state index contributed by atoms with van der Waals surface area (Å²) in [6.07, 6.45) is 0. The van der Waals surface area contributed by atoms with Crippen molar-refractivity contribution in [3.63, 3.8) is 0 Å². The van der Waals surface area contributed by atoms with Gasteiger partial charge in [0.25, 0.3) is 0 Å². The number of fused-ring (bicyclic) bond motifs is 2. The topological polar surface area (TPSA) is 26.3 Å². The average Bonchev–Trinajstić information content (AvgIpc) is 2.70. The fourth-order valence-electron chi connectivity index (χ4n) is 3.88. The number of benzene rings is 3. The number of carbonyl (C=O) groups is 1. The van der Waals surface area contributed by atoms with E-state index >= 15 is 0 Å². The fraction of sp³-hybridized carbons (Fsp3) is 0.222. The average molecular weight is 383 g/mol. The van der Waals surface area contributed by atoms with Crippen molar-refractivity contribution in [1.29, 1.82) is 0 Å². The van der Waals surface area contributed by atoms with Gasteiger partial charge in [-0.2, -0.15) is 0 Å². The van der Waals surface area contributed by atoms with Crippen molar-refractivity contribution in [2.24, 2.45) is 0 Å². The number of Topliss-reactive ketones (excluding diaryl/α,β-unsaturated/α-hetero) is 1. The first kappa shape index (κ1) is 19.2. The standard InChI is InChI=1S/C27H26O2/c1-16(2)19-10-12-23-25(14-19)29-26-15-20(17(3)4)11-13-24(26)27(23)22-9-7-6-8-21(22)18(5)28/h6-16H,1-5H3. The second-order valence-electron chi connectivity index (χ2n) is 8.20. The van der Waals surface area contributed by atoms with Crippen molar-refractivity contribution in [2.45, 2.75) is 40.5 Å². The van der Waals surface area contributed by atoms with Gasteiger partial charge >= 0.3 is 0 Å². The van der Waals surface area contributed by atoms with E-state index in [1.165, 1.54) is 11.1 Å². The van der Waals surface area contributed by atoms with Crippen LogP contribution >= 0.6 is 0 Å². The van der Waals surface area contributed by atoms with E-state index in [1.54, 1.807) is 6.92 Å². The van der Waals surface area contributed by atoms with Crippen LogP contribution in [0.2, 0.25) is 0 Å². The van der Waals surface area contributed by atoms with Crippen LogP contribution in [0.4, 0.5) is 0 Å². The molecule has 29 heavy (non-hydrogen) atoms. The third-order valence-corrected chi connectivity index (χ3v) is 5.57. The number of ether oxygens (including phenoxy) is 1. The Kier molecular flexibility index (Phi) is 4.87. The van der Waals surface area contributed by atoms with Crippen LogP contribution in [0.1, 0.15) is 67.6 Å². The zero-order valence-electron chi connectivity index (χ0n) is 17.7. The second kappa shape index (κ2) is 7.36. The molecule has 3 aromatic carbocycles. The van der Waals surface area contributed by atoms with Gasteiger partial charge in [0.1, 0.15) is 11.5 Å². The molecule has 0 aromatic heterocycles. The molecule has 1 aliphatic rings. The minimum absolute atomic E-state index is 0.0656. The smallest absolute Gasteiger partial charge is 0.160 e. The van der Waals surface area contributed by atoms with Crippen LogP contribution in [0.25, 0.3) is 11.1 Å². The highest BCUT2D eigenvalue weighted by Gasteiger charge is 2.23. The molecular weight excluding hydrogens is 356 g/mol. The highest BCUT2D eigenvalue weighted by molar-refractivity contribution is 6.01. The molecule has 146 valence electrons. The predicted octanol–water partition coefficient (Wildman–Crippen LogP) is 5.56. The van der Waals surface area contributed by atoms with Gasteiger partial charge in [-0.3, -0.25) is 4.79 Å². The van der Waals surface area contributed by atoms with E-state index in [4.69, 9.17) is 4.74 Å². The third kappa shape index (κ3) is 3.40. The van der Waals surface area contributed by atoms with Crippen LogP contribution in [0.3, 0.4) is 0 Å². The summed E-state index contributed by atoms with van der Waals surface area (Å²) in [5.41, 5.74) is 6.25. The molecule has 0 N–H and O–H groups in total. The largest absolute Gasteiger partial charge is 0.456 e. The summed E-state index contributed by atoms with van der Waals surface area (Å²) in [5.74, 6) is 2.17. The molecular formula is C27H26O2. The summed E-state index contributed by atoms with van der Waals surface area (Å²) in [6.45, 7) is 10.2. The molecule has 0 bridgehead atoms. The van der Waals surface area contributed by atoms with Crippen LogP contribution in [0.15, 0.2) is 60.7 Å². The lowest BCUT2D eigenvalue weighted by atomic mass is 9.87. The molecule has 0 saturated carbocycles. The zero-order valence-corrected chi connectivity index (χ0v) is 17.7. The van der Waals surface area contributed by atoms with Crippen molar-refractivity contribution in [3.8, 4) is 11.5 Å². The minimum Gasteiger partial charge on any atom is -0.456 e. The van der Waals surface area contributed by atoms with Crippen LogP contribution in [0.5, 0.6) is 11.5 Å². The Hall–Kier alpha value is -3.13. The van der Waals surface area contributed by atoms with Gasteiger partial charge in [0, 0.05) is 21.9 Å². The predicted molar refractivity (Wildman–Crippen MR) is 119 cm³/mol. The Balaban J connectivity index is 2.12. The van der Waals surface area contributed by atoms with Crippen LogP contribution in [0, 0.1) is 0 Å². The lowest BCUT2D eigenvalue weighted by molar-refractivity contribution is 0.101. The van der Waals surface area contributed by atoms with Crippen molar-refractivity contribution in [2.75, 3.05) is 0 Å². The Morgan fingerprint density at radius 3 is 2.28 bits per heavy atom. The molecule has 1 aliphatic heterocycles. The molecule has 0 spiro atoms. The molecule has 4 rings (SSSR count). The first-order chi connectivity index (χ1) is 13.9. The Bertz CT molecular complexity index is 1240. The van der Waals surface area contributed by atoms with E-state index in [0.717, 1.165) is 44.2 Å². The summed E-state index contributed by atoms with van der Waals surface area (Å²) >= 11 is 0. The summed E-state index contributed by atoms with van der Waals surface area (Å²) in [6, 6.07) is 20.6. The summed E-state index contributed by atoms with van der Waals surface area (Å²) in [4.78, 5) is 12.4. The molecule has 3 aromatic rings. The minimum atomic E-state index is 0.0656. The van der Waals surface area contributed by atoms with E-state index in [9.17, 15) is 4.79 Å². The number of hydrogen-bond acceptors (Lipinski definition) is 2. The van der Waals surface area contributed by atoms with E-state index in [1.807, 2.05) is 24.3 Å². The molecule has 0 aliphatic carbocycles. The van der Waals surface area contributed by atoms with Gasteiger partial charge in [-0.15, -0.1) is 0 Å². The number of hydrogen-bond donors (Lipinski definition) is 0. The quantitative estimate of drug-likeness (QED) is 0.434. The third-order valence-electron chi connectivity index (χ3n) is 5.57. The summed E-state index contributed by atoms with van der Waals surface area (Å²) in [7, 11) is 0. The summed E-state index contributed by atoms with van der Waals surface area (Å²) < 4.78 is 6.39. The van der Waals surface area contributed by atoms with Crippen molar-refractivity contribution < 1.29 is 9.53 Å². The van der Waals surface area contributed by atoms with E-state index < -0.39 is 0 Å². The molecule has 0 radical (unpaired) electrons. The van der Waals surface area contributed by atoms with Crippen LogP contribution in [-0.4, -0.2) is 5.78 Å². The van der Waals surface area contributed by atoms with Crippen LogP contribution in [-0.2, 0) is 0 Å². The summed E-state index contributed by atoms with van der Waals surface area (Å²) in [5, 5.41) is 2.18. The Morgan fingerprint density at radius 1 is 0.828 bits per heavy atom. The maximum Gasteiger partial charge on any atom is 0.160 e. The Morgan fingerprint density at radius 2 is 1.59 bits per heavy atom. The molecule has 0 atom stereocenters. The van der Waals surface area contributed by atoms with Crippen molar-refractivity contribution in [1.82, 2.24) is 0 Å². The van der Waals surface area contributed by atoms with Gasteiger partial charge in [-0.05, 0) is 61.2 Å². The second-order valence-corrected chi connectivity index (χ2v) is 8.20. The van der Waals surface area contributed by atoms with Crippen molar-refractivity contribution >= 4 is 16.9 Å².